The first-order valence-corrected chi connectivity index (χ1v) is 10.1. The molecular formula is C20H24BrNO4. The third kappa shape index (κ3) is 4.05. The summed E-state index contributed by atoms with van der Waals surface area (Å²) in [5, 5.41) is 3.20. The van der Waals surface area contributed by atoms with Gasteiger partial charge in [-0.2, -0.15) is 0 Å². The summed E-state index contributed by atoms with van der Waals surface area (Å²) in [4.78, 5) is 24.1. The van der Waals surface area contributed by atoms with Crippen LogP contribution in [0.3, 0.4) is 0 Å². The van der Waals surface area contributed by atoms with Gasteiger partial charge in [0, 0.05) is 10.0 Å². The molecule has 5 rings (SSSR count). The molecule has 0 atom stereocenters. The molecule has 0 radical (unpaired) electrons. The van der Waals surface area contributed by atoms with E-state index >= 15 is 0 Å². The molecule has 1 aromatic rings. The summed E-state index contributed by atoms with van der Waals surface area (Å²) in [6, 6.07) is 7.19. The molecule has 4 saturated carbocycles. The van der Waals surface area contributed by atoms with Crippen molar-refractivity contribution in [2.75, 3.05) is 13.2 Å². The van der Waals surface area contributed by atoms with Gasteiger partial charge in [0.25, 0.3) is 5.91 Å². The number of carbonyl (C=O) groups is 2. The highest BCUT2D eigenvalue weighted by molar-refractivity contribution is 9.10. The molecule has 0 aromatic heterocycles. The van der Waals surface area contributed by atoms with Crippen LogP contribution in [0, 0.1) is 17.8 Å². The Morgan fingerprint density at radius 1 is 1.00 bits per heavy atom. The summed E-state index contributed by atoms with van der Waals surface area (Å²) < 4.78 is 11.4. The van der Waals surface area contributed by atoms with Crippen LogP contribution < -0.4 is 10.1 Å². The lowest BCUT2D eigenvalue weighted by Gasteiger charge is -2.56. The van der Waals surface area contributed by atoms with Gasteiger partial charge in [-0.15, -0.1) is 0 Å². The first kappa shape index (κ1) is 17.8. The Morgan fingerprint density at radius 3 is 2.15 bits per heavy atom. The Labute approximate surface area is 161 Å². The Balaban J connectivity index is 1.21. The molecule has 4 fully saturated rings. The van der Waals surface area contributed by atoms with Crippen molar-refractivity contribution in [2.24, 2.45) is 17.8 Å². The second-order valence-electron chi connectivity index (χ2n) is 8.15. The number of hydrogen-bond acceptors (Lipinski definition) is 4. The van der Waals surface area contributed by atoms with Crippen LogP contribution in [-0.4, -0.2) is 30.6 Å². The summed E-state index contributed by atoms with van der Waals surface area (Å²) in [5.41, 5.74) is -0.0494. The number of amides is 1. The average Bonchev–Trinajstić information content (AvgIpc) is 2.58. The van der Waals surface area contributed by atoms with Gasteiger partial charge < -0.3 is 14.8 Å². The second-order valence-corrected chi connectivity index (χ2v) is 9.07. The molecule has 0 spiro atoms. The van der Waals surface area contributed by atoms with Gasteiger partial charge in [-0.3, -0.25) is 4.79 Å². The highest BCUT2D eigenvalue weighted by atomic mass is 79.9. The van der Waals surface area contributed by atoms with Crippen molar-refractivity contribution in [1.29, 1.82) is 0 Å². The lowest BCUT2D eigenvalue weighted by Crippen LogP contribution is -2.60. The Morgan fingerprint density at radius 2 is 1.58 bits per heavy atom. The zero-order valence-corrected chi connectivity index (χ0v) is 16.3. The molecule has 0 aliphatic heterocycles. The fraction of sp³-hybridized carbons (Fsp3) is 0.600. The van der Waals surface area contributed by atoms with Crippen molar-refractivity contribution in [3.05, 3.63) is 28.7 Å². The number of benzene rings is 1. The van der Waals surface area contributed by atoms with Gasteiger partial charge in [-0.05, 0) is 80.5 Å². The quantitative estimate of drug-likeness (QED) is 0.714. The van der Waals surface area contributed by atoms with Gasteiger partial charge in [0.2, 0.25) is 0 Å². The fourth-order valence-electron chi connectivity index (χ4n) is 5.46. The van der Waals surface area contributed by atoms with Crippen molar-refractivity contribution < 1.29 is 19.1 Å². The molecule has 1 N–H and O–H groups in total. The smallest absolute Gasteiger partial charge is 0.344 e. The maximum absolute atomic E-state index is 12.3. The van der Waals surface area contributed by atoms with Crippen molar-refractivity contribution in [2.45, 2.75) is 44.1 Å². The van der Waals surface area contributed by atoms with Crippen LogP contribution in [0.2, 0.25) is 0 Å². The lowest BCUT2D eigenvalue weighted by molar-refractivity contribution is -0.151. The average molecular weight is 422 g/mol. The van der Waals surface area contributed by atoms with E-state index in [4.69, 9.17) is 9.47 Å². The molecule has 6 heteroatoms. The first-order valence-electron chi connectivity index (χ1n) is 9.35. The number of rotatable bonds is 6. The largest absolute Gasteiger partial charge is 0.482 e. The van der Waals surface area contributed by atoms with Crippen LogP contribution in [0.1, 0.15) is 38.5 Å². The number of esters is 1. The van der Waals surface area contributed by atoms with Crippen molar-refractivity contribution in [3.63, 3.8) is 0 Å². The number of halogens is 1. The maximum atomic E-state index is 12.3. The molecule has 140 valence electrons. The van der Waals surface area contributed by atoms with Gasteiger partial charge in [0.05, 0.1) is 0 Å². The van der Waals surface area contributed by atoms with E-state index in [-0.39, 0.29) is 24.7 Å². The molecule has 0 saturated heterocycles. The van der Waals surface area contributed by atoms with Gasteiger partial charge in [0.1, 0.15) is 5.75 Å². The summed E-state index contributed by atoms with van der Waals surface area (Å²) in [6.07, 6.45) is 7.26. The molecule has 4 bridgehead atoms. The zero-order chi connectivity index (χ0) is 18.1. The topological polar surface area (TPSA) is 64.6 Å². The van der Waals surface area contributed by atoms with Crippen LogP contribution in [0.15, 0.2) is 28.7 Å². The summed E-state index contributed by atoms with van der Waals surface area (Å²) in [5.74, 6) is 2.16. The van der Waals surface area contributed by atoms with E-state index < -0.39 is 5.97 Å². The van der Waals surface area contributed by atoms with Crippen molar-refractivity contribution in [1.82, 2.24) is 5.32 Å². The number of hydrogen-bond donors (Lipinski definition) is 1. The molecule has 4 aliphatic carbocycles. The number of ether oxygens (including phenoxy) is 2. The van der Waals surface area contributed by atoms with Gasteiger partial charge in [-0.25, -0.2) is 4.79 Å². The fourth-order valence-corrected chi connectivity index (χ4v) is 5.72. The van der Waals surface area contributed by atoms with Crippen LogP contribution in [0.4, 0.5) is 0 Å². The Kier molecular flexibility index (Phi) is 4.95. The molecule has 26 heavy (non-hydrogen) atoms. The third-order valence-electron chi connectivity index (χ3n) is 5.98. The third-order valence-corrected chi connectivity index (χ3v) is 6.51. The molecule has 1 aromatic carbocycles. The molecule has 4 aliphatic rings. The monoisotopic (exact) mass is 421 g/mol. The highest BCUT2D eigenvalue weighted by Crippen LogP contribution is 2.55. The zero-order valence-electron chi connectivity index (χ0n) is 14.7. The van der Waals surface area contributed by atoms with E-state index in [1.54, 1.807) is 12.1 Å². The predicted octanol–water partition coefficient (Wildman–Crippen LogP) is 3.46. The standard InChI is InChI=1S/C20H24BrNO4/c21-16-1-3-17(4-2-16)25-12-19(24)26-11-18(23)22-20-8-13-5-14(9-20)7-15(6-13)10-20/h1-4,13-15H,5-12H2,(H,22,23). The first-order chi connectivity index (χ1) is 12.5. The summed E-state index contributed by atoms with van der Waals surface area (Å²) in [7, 11) is 0. The summed E-state index contributed by atoms with van der Waals surface area (Å²) >= 11 is 3.34. The molecular weight excluding hydrogens is 398 g/mol. The molecule has 0 unspecified atom stereocenters. The highest BCUT2D eigenvalue weighted by Gasteiger charge is 2.51. The van der Waals surface area contributed by atoms with Gasteiger partial charge in [0.15, 0.2) is 13.2 Å². The minimum Gasteiger partial charge on any atom is -0.482 e. The molecule has 5 nitrogen and oxygen atoms in total. The van der Waals surface area contributed by atoms with E-state index in [1.165, 1.54) is 19.3 Å². The van der Waals surface area contributed by atoms with Crippen LogP contribution >= 0.6 is 15.9 Å². The van der Waals surface area contributed by atoms with E-state index in [0.29, 0.717) is 5.75 Å². The Hall–Kier alpha value is -1.56. The van der Waals surface area contributed by atoms with Crippen LogP contribution in [0.5, 0.6) is 5.75 Å². The SMILES string of the molecule is O=C(COC(=O)COc1ccc(Br)cc1)NC12CC3CC(CC(C3)C1)C2. The molecule has 0 heterocycles. The minimum atomic E-state index is -0.534. The minimum absolute atomic E-state index is 0.0494. The normalized spacial score (nSPS) is 31.5. The Bertz CT molecular complexity index is 652. The van der Waals surface area contributed by atoms with E-state index in [9.17, 15) is 9.59 Å². The lowest BCUT2D eigenvalue weighted by atomic mass is 9.53. The predicted molar refractivity (Wildman–Crippen MR) is 99.6 cm³/mol. The number of carbonyl (C=O) groups excluding carboxylic acids is 2. The van der Waals surface area contributed by atoms with Gasteiger partial charge in [-0.1, -0.05) is 15.9 Å². The van der Waals surface area contributed by atoms with Gasteiger partial charge >= 0.3 is 5.97 Å². The maximum Gasteiger partial charge on any atom is 0.344 e. The number of nitrogens with one attached hydrogen (secondary N) is 1. The van der Waals surface area contributed by atoms with Crippen LogP contribution in [0.25, 0.3) is 0 Å². The van der Waals surface area contributed by atoms with E-state index in [1.807, 2.05) is 12.1 Å². The summed E-state index contributed by atoms with van der Waals surface area (Å²) in [6.45, 7) is -0.434. The molecule has 1 amide bonds. The van der Waals surface area contributed by atoms with Crippen molar-refractivity contribution in [3.8, 4) is 5.75 Å². The van der Waals surface area contributed by atoms with Crippen molar-refractivity contribution >= 4 is 27.8 Å². The van der Waals surface area contributed by atoms with Crippen LogP contribution in [-0.2, 0) is 14.3 Å². The second kappa shape index (κ2) is 7.22. The van der Waals surface area contributed by atoms with E-state index in [0.717, 1.165) is 41.5 Å². The van der Waals surface area contributed by atoms with E-state index in [2.05, 4.69) is 21.2 Å².